The van der Waals surface area contributed by atoms with Crippen molar-refractivity contribution >= 4 is 29.4 Å². The van der Waals surface area contributed by atoms with Crippen LogP contribution in [0.15, 0.2) is 35.6 Å². The number of amides is 1. The van der Waals surface area contributed by atoms with E-state index in [0.717, 1.165) is 6.21 Å². The molecule has 0 saturated heterocycles. The Morgan fingerprint density at radius 2 is 2.00 bits per heavy atom. The lowest BCUT2D eigenvalue weighted by atomic mass is 10.2. The largest absolute Gasteiger partial charge is 0.512 e. The summed E-state index contributed by atoms with van der Waals surface area (Å²) in [5.41, 5.74) is 0.477. The van der Waals surface area contributed by atoms with Gasteiger partial charge in [-0.2, -0.15) is 0 Å². The number of carbonyl (C=O) groups is 1. The van der Waals surface area contributed by atoms with Crippen LogP contribution in [0.1, 0.15) is 6.92 Å². The summed E-state index contributed by atoms with van der Waals surface area (Å²) in [7, 11) is 0. The van der Waals surface area contributed by atoms with Crippen LogP contribution < -0.4 is 5.32 Å². The minimum Gasteiger partial charge on any atom is -0.512 e. The van der Waals surface area contributed by atoms with Gasteiger partial charge < -0.3 is 15.8 Å². The molecule has 3 N–H and O–H groups in total. The molecule has 0 aliphatic heterocycles. The van der Waals surface area contributed by atoms with E-state index in [1.807, 2.05) is 0 Å². The van der Waals surface area contributed by atoms with E-state index < -0.39 is 5.91 Å². The van der Waals surface area contributed by atoms with Crippen molar-refractivity contribution in [3.63, 3.8) is 0 Å². The first-order valence-corrected chi connectivity index (χ1v) is 4.89. The van der Waals surface area contributed by atoms with Crippen molar-refractivity contribution in [1.29, 1.82) is 5.41 Å². The number of halogens is 1. The van der Waals surface area contributed by atoms with Crippen LogP contribution in [0.3, 0.4) is 0 Å². The molecular formula is C11H11ClN2O2. The highest BCUT2D eigenvalue weighted by Gasteiger charge is 2.10. The molecule has 0 aliphatic rings. The Morgan fingerprint density at radius 3 is 2.44 bits per heavy atom. The highest BCUT2D eigenvalue weighted by Crippen LogP contribution is 2.14. The van der Waals surface area contributed by atoms with Gasteiger partial charge in [0, 0.05) is 16.9 Å². The number of aliphatic hydroxyl groups excluding tert-OH is 1. The highest BCUT2D eigenvalue weighted by molar-refractivity contribution is 6.30. The van der Waals surface area contributed by atoms with Gasteiger partial charge in [0.1, 0.15) is 5.76 Å². The molecule has 0 atom stereocenters. The molecule has 1 rings (SSSR count). The maximum atomic E-state index is 11.6. The number of aliphatic hydroxyl groups is 1. The maximum Gasteiger partial charge on any atom is 0.260 e. The fourth-order valence-electron chi connectivity index (χ4n) is 1.07. The zero-order valence-corrected chi connectivity index (χ0v) is 9.38. The van der Waals surface area contributed by atoms with Crippen LogP contribution in [0.4, 0.5) is 5.69 Å². The highest BCUT2D eigenvalue weighted by atomic mass is 35.5. The Bertz CT molecular complexity index is 434. The molecule has 0 aromatic heterocycles. The molecule has 0 fully saturated rings. The smallest absolute Gasteiger partial charge is 0.260 e. The maximum absolute atomic E-state index is 11.6. The average Bonchev–Trinajstić information content (AvgIpc) is 2.22. The van der Waals surface area contributed by atoms with E-state index in [4.69, 9.17) is 22.1 Å². The third-order valence-corrected chi connectivity index (χ3v) is 2.13. The molecule has 0 unspecified atom stereocenters. The molecule has 4 nitrogen and oxygen atoms in total. The normalized spacial score (nSPS) is 11.6. The van der Waals surface area contributed by atoms with Gasteiger partial charge in [-0.3, -0.25) is 4.79 Å². The second-order valence-corrected chi connectivity index (χ2v) is 3.54. The number of rotatable bonds is 3. The van der Waals surface area contributed by atoms with Gasteiger partial charge >= 0.3 is 0 Å². The monoisotopic (exact) mass is 238 g/mol. The van der Waals surface area contributed by atoms with Crippen LogP contribution in [0.5, 0.6) is 0 Å². The van der Waals surface area contributed by atoms with Crippen LogP contribution in [0, 0.1) is 5.41 Å². The molecule has 1 amide bonds. The summed E-state index contributed by atoms with van der Waals surface area (Å²) in [5.74, 6) is -0.723. The summed E-state index contributed by atoms with van der Waals surface area (Å²) >= 11 is 5.69. The van der Waals surface area contributed by atoms with Crippen LogP contribution in [-0.2, 0) is 4.79 Å². The molecule has 0 heterocycles. The number of anilines is 1. The zero-order valence-electron chi connectivity index (χ0n) is 8.62. The van der Waals surface area contributed by atoms with E-state index in [1.54, 1.807) is 24.3 Å². The second-order valence-electron chi connectivity index (χ2n) is 3.10. The van der Waals surface area contributed by atoms with Crippen molar-refractivity contribution in [2.24, 2.45) is 0 Å². The van der Waals surface area contributed by atoms with Gasteiger partial charge in [0.2, 0.25) is 0 Å². The Kier molecular flexibility index (Phi) is 4.08. The van der Waals surface area contributed by atoms with Crippen molar-refractivity contribution in [2.75, 3.05) is 5.32 Å². The van der Waals surface area contributed by atoms with Crippen LogP contribution >= 0.6 is 11.6 Å². The molecule has 0 saturated carbocycles. The Hall–Kier alpha value is -1.81. The van der Waals surface area contributed by atoms with E-state index in [2.05, 4.69) is 5.32 Å². The predicted molar refractivity (Wildman–Crippen MR) is 64.2 cm³/mol. The van der Waals surface area contributed by atoms with Crippen molar-refractivity contribution < 1.29 is 9.90 Å². The van der Waals surface area contributed by atoms with E-state index in [-0.39, 0.29) is 11.3 Å². The minimum atomic E-state index is -0.530. The molecule has 1 aromatic rings. The van der Waals surface area contributed by atoms with Crippen molar-refractivity contribution in [3.8, 4) is 0 Å². The van der Waals surface area contributed by atoms with E-state index in [9.17, 15) is 4.79 Å². The van der Waals surface area contributed by atoms with Gasteiger partial charge in [0.05, 0.1) is 5.57 Å². The number of allylic oxidation sites excluding steroid dienone is 1. The first-order valence-electron chi connectivity index (χ1n) is 4.52. The van der Waals surface area contributed by atoms with E-state index in [1.165, 1.54) is 6.92 Å². The third kappa shape index (κ3) is 3.10. The first-order chi connectivity index (χ1) is 7.54. The number of benzene rings is 1. The van der Waals surface area contributed by atoms with Crippen molar-refractivity contribution in [3.05, 3.63) is 40.6 Å². The third-order valence-electron chi connectivity index (χ3n) is 1.88. The summed E-state index contributed by atoms with van der Waals surface area (Å²) < 4.78 is 0. The summed E-state index contributed by atoms with van der Waals surface area (Å²) in [6, 6.07) is 6.54. The van der Waals surface area contributed by atoms with E-state index >= 15 is 0 Å². The fourth-order valence-corrected chi connectivity index (χ4v) is 1.19. The van der Waals surface area contributed by atoms with Crippen molar-refractivity contribution in [1.82, 2.24) is 0 Å². The molecule has 0 radical (unpaired) electrons. The van der Waals surface area contributed by atoms with Crippen molar-refractivity contribution in [2.45, 2.75) is 6.92 Å². The zero-order chi connectivity index (χ0) is 12.1. The number of nitrogens with one attached hydrogen (secondary N) is 2. The lowest BCUT2D eigenvalue weighted by Crippen LogP contribution is -2.16. The summed E-state index contributed by atoms with van der Waals surface area (Å²) in [5, 5.41) is 19.3. The average molecular weight is 239 g/mol. The number of hydrogen-bond donors (Lipinski definition) is 3. The molecule has 5 heteroatoms. The van der Waals surface area contributed by atoms with Gasteiger partial charge in [0.25, 0.3) is 5.91 Å². The Morgan fingerprint density at radius 1 is 1.44 bits per heavy atom. The standard InChI is InChI=1S/C11H11ClN2O2/c1-7(15)10(6-13)11(16)14-9-4-2-8(12)3-5-9/h2-6,13,15H,1H3,(H,14,16)/b10-7-,13-6?. The van der Waals surface area contributed by atoms with Gasteiger partial charge in [-0.05, 0) is 31.2 Å². The van der Waals surface area contributed by atoms with Gasteiger partial charge in [-0.1, -0.05) is 11.6 Å². The molecule has 84 valence electrons. The Labute approximate surface area is 98.1 Å². The minimum absolute atomic E-state index is 0.0741. The molecule has 1 aromatic carbocycles. The summed E-state index contributed by atoms with van der Waals surface area (Å²) in [4.78, 5) is 11.6. The van der Waals surface area contributed by atoms with Crippen LogP contribution in [0.2, 0.25) is 5.02 Å². The molecular weight excluding hydrogens is 228 g/mol. The first kappa shape index (κ1) is 12.3. The number of hydrogen-bond acceptors (Lipinski definition) is 3. The summed E-state index contributed by atoms with van der Waals surface area (Å²) in [6.07, 6.45) is 0.806. The lowest BCUT2D eigenvalue weighted by molar-refractivity contribution is -0.112. The second kappa shape index (κ2) is 5.32. The SMILES string of the molecule is C/C(O)=C(\C=N)C(=O)Nc1ccc(Cl)cc1. The van der Waals surface area contributed by atoms with Crippen LogP contribution in [-0.4, -0.2) is 17.2 Å². The van der Waals surface area contributed by atoms with Gasteiger partial charge in [0.15, 0.2) is 0 Å². The molecule has 0 aliphatic carbocycles. The van der Waals surface area contributed by atoms with Gasteiger partial charge in [-0.15, -0.1) is 0 Å². The molecule has 0 bridgehead atoms. The fraction of sp³-hybridized carbons (Fsp3) is 0.0909. The number of carbonyl (C=O) groups excluding carboxylic acids is 1. The quantitative estimate of drug-likeness (QED) is 0.430. The van der Waals surface area contributed by atoms with E-state index in [0.29, 0.717) is 10.7 Å². The lowest BCUT2D eigenvalue weighted by Gasteiger charge is -2.05. The van der Waals surface area contributed by atoms with Crippen LogP contribution in [0.25, 0.3) is 0 Å². The topological polar surface area (TPSA) is 73.2 Å². The predicted octanol–water partition coefficient (Wildman–Crippen LogP) is 2.76. The molecule has 0 spiro atoms. The molecule has 16 heavy (non-hydrogen) atoms. The summed E-state index contributed by atoms with van der Waals surface area (Å²) in [6.45, 7) is 1.35. The van der Waals surface area contributed by atoms with Gasteiger partial charge in [-0.25, -0.2) is 0 Å². The Balaban J connectivity index is 2.83.